The minimum absolute atomic E-state index is 0.199. The summed E-state index contributed by atoms with van der Waals surface area (Å²) < 4.78 is 5.44. The molecule has 0 radical (unpaired) electrons. The number of ether oxygens (including phenoxy) is 1. The van der Waals surface area contributed by atoms with Crippen molar-refractivity contribution in [3.05, 3.63) is 0 Å². The number of rotatable bonds is 7. The van der Waals surface area contributed by atoms with Gasteiger partial charge in [0, 0.05) is 45.8 Å². The van der Waals surface area contributed by atoms with E-state index in [2.05, 4.69) is 41.3 Å². The predicted molar refractivity (Wildman–Crippen MR) is 108 cm³/mol. The van der Waals surface area contributed by atoms with Gasteiger partial charge in [-0.1, -0.05) is 13.8 Å². The predicted octanol–water partition coefficient (Wildman–Crippen LogP) is 2.14. The fourth-order valence-corrected chi connectivity index (χ4v) is 2.61. The molecule has 0 aliphatic carbocycles. The Hall–Kier alpha value is -1.50. The summed E-state index contributed by atoms with van der Waals surface area (Å²) in [7, 11) is 0. The van der Waals surface area contributed by atoms with Gasteiger partial charge in [-0.3, -0.25) is 9.89 Å². The van der Waals surface area contributed by atoms with Gasteiger partial charge in [-0.05, 0) is 46.6 Å². The first-order valence-electron chi connectivity index (χ1n) is 9.93. The Bertz CT molecular complexity index is 438. The van der Waals surface area contributed by atoms with Crippen LogP contribution >= 0.6 is 0 Å². The minimum Gasteiger partial charge on any atom is -0.444 e. The van der Waals surface area contributed by atoms with Crippen LogP contribution in [0.3, 0.4) is 0 Å². The van der Waals surface area contributed by atoms with Crippen LogP contribution < -0.4 is 10.6 Å². The lowest BCUT2D eigenvalue weighted by Gasteiger charge is -2.35. The lowest BCUT2D eigenvalue weighted by molar-refractivity contribution is 0.0145. The third-order valence-electron chi connectivity index (χ3n) is 3.93. The zero-order valence-corrected chi connectivity index (χ0v) is 17.6. The van der Waals surface area contributed by atoms with E-state index in [-0.39, 0.29) is 6.09 Å². The summed E-state index contributed by atoms with van der Waals surface area (Å²) in [6.07, 6.45) is 0.855. The van der Waals surface area contributed by atoms with Gasteiger partial charge in [0.15, 0.2) is 5.96 Å². The van der Waals surface area contributed by atoms with Gasteiger partial charge in [-0.15, -0.1) is 0 Å². The van der Waals surface area contributed by atoms with Crippen molar-refractivity contribution in [1.82, 2.24) is 20.4 Å². The van der Waals surface area contributed by atoms with Gasteiger partial charge in [0.1, 0.15) is 5.60 Å². The molecule has 0 spiro atoms. The Kier molecular flexibility index (Phi) is 9.76. The number of carbonyl (C=O) groups is 1. The van der Waals surface area contributed by atoms with Crippen LogP contribution in [0.4, 0.5) is 4.79 Å². The number of hydrogen-bond acceptors (Lipinski definition) is 4. The van der Waals surface area contributed by atoms with Gasteiger partial charge in [0.2, 0.25) is 0 Å². The highest BCUT2D eigenvalue weighted by atomic mass is 16.6. The van der Waals surface area contributed by atoms with Crippen LogP contribution in [-0.4, -0.2) is 79.8 Å². The number of aliphatic imine (C=N–C) groups is 1. The summed E-state index contributed by atoms with van der Waals surface area (Å²) in [4.78, 5) is 20.9. The Morgan fingerprint density at radius 1 is 1.15 bits per heavy atom. The molecule has 0 saturated carbocycles. The van der Waals surface area contributed by atoms with Crippen molar-refractivity contribution in [2.24, 2.45) is 10.9 Å². The van der Waals surface area contributed by atoms with Crippen LogP contribution in [-0.2, 0) is 4.74 Å². The fourth-order valence-electron chi connectivity index (χ4n) is 2.61. The Labute approximate surface area is 159 Å². The lowest BCUT2D eigenvalue weighted by atomic mass is 10.2. The molecule has 7 nitrogen and oxygen atoms in total. The average Bonchev–Trinajstić information content (AvgIpc) is 2.55. The van der Waals surface area contributed by atoms with Crippen molar-refractivity contribution in [2.75, 3.05) is 52.4 Å². The molecular formula is C19H39N5O2. The molecule has 0 unspecified atom stereocenters. The maximum atomic E-state index is 12.1. The second-order valence-electron chi connectivity index (χ2n) is 8.20. The topological polar surface area (TPSA) is 69.2 Å². The number of hydrogen-bond donors (Lipinski definition) is 2. The van der Waals surface area contributed by atoms with Crippen molar-refractivity contribution in [2.45, 2.75) is 53.6 Å². The number of nitrogens with one attached hydrogen (secondary N) is 2. The first-order valence-corrected chi connectivity index (χ1v) is 9.93. The maximum absolute atomic E-state index is 12.1. The normalized spacial score (nSPS) is 16.7. The van der Waals surface area contributed by atoms with E-state index in [1.54, 1.807) is 0 Å². The molecule has 2 N–H and O–H groups in total. The molecule has 1 saturated heterocycles. The van der Waals surface area contributed by atoms with Crippen molar-refractivity contribution in [3.8, 4) is 0 Å². The van der Waals surface area contributed by atoms with E-state index in [1.807, 2.05) is 25.7 Å². The SMILES string of the molecule is CCNC(=NCC(C)C)NCCCN1CCN(C(=O)OC(C)(C)C)CC1. The smallest absolute Gasteiger partial charge is 0.410 e. The van der Waals surface area contributed by atoms with E-state index in [9.17, 15) is 4.79 Å². The Balaban J connectivity index is 2.23. The van der Waals surface area contributed by atoms with E-state index < -0.39 is 5.60 Å². The quantitative estimate of drug-likeness (QED) is 0.409. The maximum Gasteiger partial charge on any atom is 0.410 e. The third kappa shape index (κ3) is 9.85. The summed E-state index contributed by atoms with van der Waals surface area (Å²) in [5, 5.41) is 6.68. The molecule has 26 heavy (non-hydrogen) atoms. The molecule has 0 bridgehead atoms. The lowest BCUT2D eigenvalue weighted by Crippen LogP contribution is -2.50. The second-order valence-corrected chi connectivity index (χ2v) is 8.20. The molecule has 1 heterocycles. The van der Waals surface area contributed by atoms with Gasteiger partial charge in [0.25, 0.3) is 0 Å². The average molecular weight is 370 g/mol. The highest BCUT2D eigenvalue weighted by molar-refractivity contribution is 5.79. The molecule has 1 aliphatic rings. The monoisotopic (exact) mass is 369 g/mol. The molecule has 1 aliphatic heterocycles. The van der Waals surface area contributed by atoms with Crippen molar-refractivity contribution in [3.63, 3.8) is 0 Å². The molecule has 0 aromatic rings. The number of guanidine groups is 1. The Morgan fingerprint density at radius 2 is 1.81 bits per heavy atom. The zero-order chi connectivity index (χ0) is 19.6. The van der Waals surface area contributed by atoms with Crippen molar-refractivity contribution < 1.29 is 9.53 Å². The van der Waals surface area contributed by atoms with E-state index >= 15 is 0 Å². The van der Waals surface area contributed by atoms with Crippen LogP contribution in [0.1, 0.15) is 48.0 Å². The second kappa shape index (κ2) is 11.3. The van der Waals surface area contributed by atoms with Gasteiger partial charge < -0.3 is 20.3 Å². The van der Waals surface area contributed by atoms with Crippen LogP contribution in [0.5, 0.6) is 0 Å². The summed E-state index contributed by atoms with van der Waals surface area (Å²) in [5.41, 5.74) is -0.429. The summed E-state index contributed by atoms with van der Waals surface area (Å²) >= 11 is 0. The van der Waals surface area contributed by atoms with Crippen LogP contribution in [0, 0.1) is 5.92 Å². The summed E-state index contributed by atoms with van der Waals surface area (Å²) in [5.74, 6) is 1.46. The number of carbonyl (C=O) groups excluding carboxylic acids is 1. The van der Waals surface area contributed by atoms with Crippen LogP contribution in [0.25, 0.3) is 0 Å². The summed E-state index contributed by atoms with van der Waals surface area (Å²) in [6.45, 7) is 19.0. The first kappa shape index (κ1) is 22.5. The summed E-state index contributed by atoms with van der Waals surface area (Å²) in [6, 6.07) is 0. The molecule has 152 valence electrons. The van der Waals surface area contributed by atoms with Gasteiger partial charge in [-0.25, -0.2) is 4.79 Å². The first-order chi connectivity index (χ1) is 12.2. The fraction of sp³-hybridized carbons (Fsp3) is 0.895. The molecule has 7 heteroatoms. The van der Waals surface area contributed by atoms with E-state index in [1.165, 1.54) is 0 Å². The number of nitrogens with zero attached hydrogens (tertiary/aromatic N) is 3. The number of amides is 1. The molecule has 1 fully saturated rings. The van der Waals surface area contributed by atoms with Gasteiger partial charge in [0.05, 0.1) is 0 Å². The highest BCUT2D eigenvalue weighted by Crippen LogP contribution is 2.11. The molecule has 0 atom stereocenters. The standard InChI is InChI=1S/C19H39N5O2/c1-7-20-17(22-15-16(2)3)21-9-8-10-23-11-13-24(14-12-23)18(25)26-19(4,5)6/h16H,7-15H2,1-6H3,(H2,20,21,22). The van der Waals surface area contributed by atoms with E-state index in [0.717, 1.165) is 64.7 Å². The molecular weight excluding hydrogens is 330 g/mol. The molecule has 1 rings (SSSR count). The Morgan fingerprint density at radius 3 is 2.35 bits per heavy atom. The van der Waals surface area contributed by atoms with E-state index in [4.69, 9.17) is 4.74 Å². The number of piperazine rings is 1. The molecule has 1 amide bonds. The van der Waals surface area contributed by atoms with Crippen molar-refractivity contribution in [1.29, 1.82) is 0 Å². The molecule has 0 aromatic carbocycles. The van der Waals surface area contributed by atoms with Gasteiger partial charge >= 0.3 is 6.09 Å². The highest BCUT2D eigenvalue weighted by Gasteiger charge is 2.25. The van der Waals surface area contributed by atoms with E-state index in [0.29, 0.717) is 5.92 Å². The molecule has 0 aromatic heterocycles. The third-order valence-corrected chi connectivity index (χ3v) is 3.93. The van der Waals surface area contributed by atoms with Crippen LogP contribution in [0.15, 0.2) is 4.99 Å². The minimum atomic E-state index is -0.429. The zero-order valence-electron chi connectivity index (χ0n) is 17.6. The van der Waals surface area contributed by atoms with Crippen molar-refractivity contribution >= 4 is 12.1 Å². The van der Waals surface area contributed by atoms with Gasteiger partial charge in [-0.2, -0.15) is 0 Å². The van der Waals surface area contributed by atoms with Crippen LogP contribution in [0.2, 0.25) is 0 Å². The largest absolute Gasteiger partial charge is 0.444 e.